The van der Waals surface area contributed by atoms with Crippen molar-refractivity contribution < 1.29 is 9.53 Å². The van der Waals surface area contributed by atoms with Crippen molar-refractivity contribution in [1.82, 2.24) is 0 Å². The first-order valence-electron chi connectivity index (χ1n) is 9.93. The molecule has 0 radical (unpaired) electrons. The topological polar surface area (TPSA) is 26.3 Å². The second-order valence-electron chi connectivity index (χ2n) is 8.69. The summed E-state index contributed by atoms with van der Waals surface area (Å²) >= 11 is 1.72. The first kappa shape index (κ1) is 19.8. The number of ether oxygens (including phenoxy) is 1. The van der Waals surface area contributed by atoms with E-state index in [0.717, 1.165) is 16.7 Å². The van der Waals surface area contributed by atoms with Gasteiger partial charge in [-0.15, -0.1) is 11.8 Å². The van der Waals surface area contributed by atoms with Gasteiger partial charge in [0.15, 0.2) is 5.60 Å². The molecule has 148 valence electrons. The van der Waals surface area contributed by atoms with Crippen molar-refractivity contribution in [3.8, 4) is 0 Å². The first-order chi connectivity index (χ1) is 13.8. The molecule has 0 N–H and O–H groups in total. The molecule has 1 aliphatic heterocycles. The number of hydrogen-bond donors (Lipinski definition) is 0. The minimum atomic E-state index is -0.778. The summed E-state index contributed by atoms with van der Waals surface area (Å²) in [6.07, 6.45) is 0. The number of thioether (sulfide) groups is 1. The molecule has 3 aromatic carbocycles. The molecule has 1 atom stereocenters. The average molecular weight is 403 g/mol. The standard InChI is InChI=1S/C26H26O2S/c1-18-10-13-21(14-11-18)29-17-26(19-8-6-5-7-9-19)23-15-12-20(25(2,3)4)16-22(23)24(27)28-26/h5-16H,17H2,1-4H3. The second kappa shape index (κ2) is 7.38. The van der Waals surface area contributed by atoms with Gasteiger partial charge in [-0.2, -0.15) is 0 Å². The Bertz CT molecular complexity index is 1030. The van der Waals surface area contributed by atoms with Gasteiger partial charge in [-0.1, -0.05) is 80.9 Å². The fourth-order valence-electron chi connectivity index (χ4n) is 3.73. The molecule has 0 aromatic heterocycles. The predicted octanol–water partition coefficient (Wildman–Crippen LogP) is 6.50. The van der Waals surface area contributed by atoms with Gasteiger partial charge in [0, 0.05) is 21.8 Å². The number of aryl methyl sites for hydroxylation is 1. The van der Waals surface area contributed by atoms with Crippen molar-refractivity contribution in [1.29, 1.82) is 0 Å². The van der Waals surface area contributed by atoms with E-state index < -0.39 is 5.60 Å². The molecule has 2 nitrogen and oxygen atoms in total. The Hall–Kier alpha value is -2.52. The average Bonchev–Trinajstić information content (AvgIpc) is 3.00. The van der Waals surface area contributed by atoms with Gasteiger partial charge in [0.25, 0.3) is 0 Å². The zero-order chi connectivity index (χ0) is 20.6. The molecule has 0 fully saturated rings. The molecule has 29 heavy (non-hydrogen) atoms. The quantitative estimate of drug-likeness (QED) is 0.368. The summed E-state index contributed by atoms with van der Waals surface area (Å²) in [4.78, 5) is 14.1. The van der Waals surface area contributed by atoms with Crippen LogP contribution in [0.2, 0.25) is 0 Å². The number of rotatable bonds is 4. The van der Waals surface area contributed by atoms with E-state index in [1.807, 2.05) is 24.3 Å². The van der Waals surface area contributed by atoms with Crippen LogP contribution in [-0.4, -0.2) is 11.7 Å². The maximum Gasteiger partial charge on any atom is 0.339 e. The van der Waals surface area contributed by atoms with Gasteiger partial charge >= 0.3 is 5.97 Å². The lowest BCUT2D eigenvalue weighted by Gasteiger charge is -2.29. The third-order valence-electron chi connectivity index (χ3n) is 5.51. The number of hydrogen-bond acceptors (Lipinski definition) is 3. The fourth-order valence-corrected chi connectivity index (χ4v) is 4.81. The lowest BCUT2D eigenvalue weighted by Crippen LogP contribution is -2.31. The minimum absolute atomic E-state index is 0.0239. The van der Waals surface area contributed by atoms with E-state index >= 15 is 0 Å². The Morgan fingerprint density at radius 1 is 0.931 bits per heavy atom. The van der Waals surface area contributed by atoms with Crippen LogP contribution in [0.4, 0.5) is 0 Å². The molecule has 1 heterocycles. The maximum atomic E-state index is 13.0. The van der Waals surface area contributed by atoms with Crippen LogP contribution in [0.3, 0.4) is 0 Å². The normalized spacial score (nSPS) is 18.4. The third kappa shape index (κ3) is 3.72. The molecule has 0 aliphatic carbocycles. The van der Waals surface area contributed by atoms with Crippen LogP contribution in [0, 0.1) is 6.92 Å². The zero-order valence-electron chi connectivity index (χ0n) is 17.4. The number of esters is 1. The lowest BCUT2D eigenvalue weighted by molar-refractivity contribution is 0.0197. The minimum Gasteiger partial charge on any atom is -0.445 e. The highest BCUT2D eigenvalue weighted by Gasteiger charge is 2.47. The van der Waals surface area contributed by atoms with Crippen LogP contribution in [0.25, 0.3) is 0 Å². The van der Waals surface area contributed by atoms with E-state index in [-0.39, 0.29) is 11.4 Å². The molecule has 3 heteroatoms. The smallest absolute Gasteiger partial charge is 0.339 e. The molecule has 0 amide bonds. The Morgan fingerprint density at radius 2 is 1.62 bits per heavy atom. The Kier molecular flexibility index (Phi) is 5.04. The summed E-state index contributed by atoms with van der Waals surface area (Å²) in [6.45, 7) is 8.56. The van der Waals surface area contributed by atoms with Crippen LogP contribution in [0.1, 0.15) is 53.4 Å². The maximum absolute atomic E-state index is 13.0. The molecule has 0 saturated carbocycles. The summed E-state index contributed by atoms with van der Waals surface area (Å²) in [5.41, 5.74) is 4.23. The summed E-state index contributed by atoms with van der Waals surface area (Å²) in [6, 6.07) is 24.8. The fraction of sp³-hybridized carbons (Fsp3) is 0.269. The van der Waals surface area contributed by atoms with Gasteiger partial charge in [0.2, 0.25) is 0 Å². The van der Waals surface area contributed by atoms with E-state index in [0.29, 0.717) is 11.3 Å². The van der Waals surface area contributed by atoms with Crippen molar-refractivity contribution in [2.45, 2.75) is 43.6 Å². The molecule has 1 unspecified atom stereocenters. The predicted molar refractivity (Wildman–Crippen MR) is 120 cm³/mol. The molecule has 1 aliphatic rings. The number of fused-ring (bicyclic) bond motifs is 1. The molecular formula is C26H26O2S. The van der Waals surface area contributed by atoms with E-state index in [4.69, 9.17) is 4.74 Å². The molecule has 0 bridgehead atoms. The lowest BCUT2D eigenvalue weighted by atomic mass is 9.82. The third-order valence-corrected chi connectivity index (χ3v) is 6.67. The van der Waals surface area contributed by atoms with E-state index in [2.05, 4.69) is 76.2 Å². The molecule has 0 spiro atoms. The SMILES string of the molecule is Cc1ccc(SCC2(c3ccccc3)OC(=O)c3cc(C(C)(C)C)ccc32)cc1. The van der Waals surface area contributed by atoms with Crippen molar-refractivity contribution in [2.24, 2.45) is 0 Å². The van der Waals surface area contributed by atoms with Crippen molar-refractivity contribution in [3.05, 3.63) is 101 Å². The van der Waals surface area contributed by atoms with Crippen LogP contribution < -0.4 is 0 Å². The van der Waals surface area contributed by atoms with Crippen molar-refractivity contribution >= 4 is 17.7 Å². The molecular weight excluding hydrogens is 376 g/mol. The summed E-state index contributed by atoms with van der Waals surface area (Å²) < 4.78 is 6.16. The first-order valence-corrected chi connectivity index (χ1v) is 10.9. The van der Waals surface area contributed by atoms with E-state index in [1.165, 1.54) is 10.5 Å². The number of carbonyl (C=O) groups is 1. The Labute approximate surface area is 177 Å². The summed E-state index contributed by atoms with van der Waals surface area (Å²) in [5, 5.41) is 0. The van der Waals surface area contributed by atoms with Gasteiger partial charge in [0.1, 0.15) is 0 Å². The highest BCUT2D eigenvalue weighted by molar-refractivity contribution is 7.99. The Balaban J connectivity index is 1.79. The van der Waals surface area contributed by atoms with Crippen molar-refractivity contribution in [2.75, 3.05) is 5.75 Å². The monoisotopic (exact) mass is 402 g/mol. The zero-order valence-corrected chi connectivity index (χ0v) is 18.2. The molecule has 4 rings (SSSR count). The van der Waals surface area contributed by atoms with Gasteiger partial charge < -0.3 is 4.74 Å². The summed E-state index contributed by atoms with van der Waals surface area (Å²) in [7, 11) is 0. The number of benzene rings is 3. The van der Waals surface area contributed by atoms with Crippen molar-refractivity contribution in [3.63, 3.8) is 0 Å². The number of carbonyl (C=O) groups excluding carboxylic acids is 1. The van der Waals surface area contributed by atoms with E-state index in [9.17, 15) is 4.79 Å². The van der Waals surface area contributed by atoms with E-state index in [1.54, 1.807) is 11.8 Å². The van der Waals surface area contributed by atoms with Gasteiger partial charge in [-0.05, 0) is 36.1 Å². The van der Waals surface area contributed by atoms with Crippen LogP contribution >= 0.6 is 11.8 Å². The van der Waals surface area contributed by atoms with Gasteiger partial charge in [-0.3, -0.25) is 0 Å². The summed E-state index contributed by atoms with van der Waals surface area (Å²) in [5.74, 6) is 0.396. The van der Waals surface area contributed by atoms with Crippen LogP contribution in [0.15, 0.2) is 77.7 Å². The van der Waals surface area contributed by atoms with Gasteiger partial charge in [-0.25, -0.2) is 4.79 Å². The molecule has 0 saturated heterocycles. The highest BCUT2D eigenvalue weighted by atomic mass is 32.2. The van der Waals surface area contributed by atoms with Gasteiger partial charge in [0.05, 0.1) is 5.56 Å². The number of cyclic esters (lactones) is 1. The Morgan fingerprint density at radius 3 is 2.28 bits per heavy atom. The molecule has 3 aromatic rings. The highest BCUT2D eigenvalue weighted by Crippen LogP contribution is 2.46. The largest absolute Gasteiger partial charge is 0.445 e. The van der Waals surface area contributed by atoms with Crippen LogP contribution in [-0.2, 0) is 15.8 Å². The second-order valence-corrected chi connectivity index (χ2v) is 9.74. The van der Waals surface area contributed by atoms with Crippen LogP contribution in [0.5, 0.6) is 0 Å².